The number of carbonyl (C=O) groups is 1. The van der Waals surface area contributed by atoms with Gasteiger partial charge >= 0.3 is 0 Å². The molecule has 1 saturated heterocycles. The summed E-state index contributed by atoms with van der Waals surface area (Å²) >= 11 is 0. The van der Waals surface area contributed by atoms with E-state index in [1.165, 1.54) is 12.8 Å². The van der Waals surface area contributed by atoms with Gasteiger partial charge in [-0.25, -0.2) is 4.98 Å². The lowest BCUT2D eigenvalue weighted by molar-refractivity contribution is -0.137. The summed E-state index contributed by atoms with van der Waals surface area (Å²) in [7, 11) is 2.08. The van der Waals surface area contributed by atoms with E-state index in [2.05, 4.69) is 26.5 Å². The van der Waals surface area contributed by atoms with E-state index < -0.39 is 0 Å². The minimum absolute atomic E-state index is 0.00224. The first-order chi connectivity index (χ1) is 12.7. The molecule has 1 aliphatic rings. The smallest absolute Gasteiger partial charge is 0.240 e. The summed E-state index contributed by atoms with van der Waals surface area (Å²) in [5.74, 6) is 0.254. The number of rotatable bonds is 7. The van der Waals surface area contributed by atoms with Gasteiger partial charge in [-0.2, -0.15) is 0 Å². The lowest BCUT2D eigenvalue weighted by atomic mass is 10.1. The lowest BCUT2D eigenvalue weighted by Crippen LogP contribution is -2.47. The minimum atomic E-state index is 0.00224. The molecule has 26 heavy (non-hydrogen) atoms. The van der Waals surface area contributed by atoms with Gasteiger partial charge in [-0.3, -0.25) is 14.7 Å². The molecule has 0 aliphatic carbocycles. The number of hydrogen-bond donors (Lipinski definition) is 0. The molecule has 0 unspecified atom stereocenters. The summed E-state index contributed by atoms with van der Waals surface area (Å²) in [6.07, 6.45) is 14.6. The van der Waals surface area contributed by atoms with Crippen molar-refractivity contribution >= 4 is 5.91 Å². The van der Waals surface area contributed by atoms with Crippen molar-refractivity contribution < 1.29 is 4.79 Å². The number of imidazole rings is 1. The monoisotopic (exact) mass is 355 g/mol. The Labute approximate surface area is 155 Å². The molecule has 3 rings (SSSR count). The van der Waals surface area contributed by atoms with Crippen molar-refractivity contribution in [2.75, 3.05) is 20.1 Å². The molecule has 0 saturated carbocycles. The summed E-state index contributed by atoms with van der Waals surface area (Å²) in [4.78, 5) is 25.8. The third kappa shape index (κ3) is 5.14. The van der Waals surface area contributed by atoms with Crippen LogP contribution >= 0.6 is 0 Å². The standard InChI is InChI=1S/C20H29N5O/c1-23-11-4-2-3-8-19(23)20(26)25(16-18-7-5-9-21-15-18)13-6-12-24-14-10-22-17-24/h5,7,9-10,14-15,17,19H,2-4,6,8,11-13,16H2,1H3/t19-/m1/s1. The third-order valence-electron chi connectivity index (χ3n) is 5.12. The van der Waals surface area contributed by atoms with E-state index in [0.717, 1.165) is 44.5 Å². The SMILES string of the molecule is CN1CCCCC[C@@H]1C(=O)N(CCCn1ccnc1)Cc1cccnc1. The fourth-order valence-corrected chi connectivity index (χ4v) is 3.62. The lowest BCUT2D eigenvalue weighted by Gasteiger charge is -2.31. The molecule has 1 atom stereocenters. The van der Waals surface area contributed by atoms with Crippen LogP contribution in [0.5, 0.6) is 0 Å². The fourth-order valence-electron chi connectivity index (χ4n) is 3.62. The number of aryl methyl sites for hydroxylation is 1. The molecule has 1 fully saturated rings. The normalized spacial score (nSPS) is 18.4. The van der Waals surface area contributed by atoms with Gasteiger partial charge in [-0.15, -0.1) is 0 Å². The molecule has 1 aliphatic heterocycles. The number of pyridine rings is 1. The second-order valence-electron chi connectivity index (χ2n) is 7.12. The number of aromatic nitrogens is 3. The first-order valence-corrected chi connectivity index (χ1v) is 9.58. The highest BCUT2D eigenvalue weighted by Gasteiger charge is 2.28. The summed E-state index contributed by atoms with van der Waals surface area (Å²) < 4.78 is 2.06. The van der Waals surface area contributed by atoms with E-state index in [0.29, 0.717) is 6.54 Å². The molecule has 1 amide bonds. The van der Waals surface area contributed by atoms with Gasteiger partial charge in [0.05, 0.1) is 12.4 Å². The number of hydrogen-bond acceptors (Lipinski definition) is 4. The van der Waals surface area contributed by atoms with Gasteiger partial charge in [0.15, 0.2) is 0 Å². The zero-order chi connectivity index (χ0) is 18.2. The topological polar surface area (TPSA) is 54.3 Å². The van der Waals surface area contributed by atoms with E-state index in [9.17, 15) is 4.79 Å². The van der Waals surface area contributed by atoms with E-state index >= 15 is 0 Å². The van der Waals surface area contributed by atoms with E-state index in [4.69, 9.17) is 0 Å². The molecule has 0 spiro atoms. The highest BCUT2D eigenvalue weighted by Crippen LogP contribution is 2.18. The maximum absolute atomic E-state index is 13.3. The summed E-state index contributed by atoms with van der Waals surface area (Å²) in [6.45, 7) is 3.25. The Bertz CT molecular complexity index is 658. The number of likely N-dealkylation sites (tertiary alicyclic amines) is 1. The Balaban J connectivity index is 1.67. The van der Waals surface area contributed by atoms with Crippen LogP contribution in [0.25, 0.3) is 0 Å². The van der Waals surface area contributed by atoms with Crippen LogP contribution in [0.2, 0.25) is 0 Å². The first kappa shape index (κ1) is 18.6. The van der Waals surface area contributed by atoms with Crippen LogP contribution in [0, 0.1) is 0 Å². The maximum Gasteiger partial charge on any atom is 0.240 e. The zero-order valence-corrected chi connectivity index (χ0v) is 15.6. The van der Waals surface area contributed by atoms with Crippen LogP contribution in [0.15, 0.2) is 43.2 Å². The van der Waals surface area contributed by atoms with Crippen molar-refractivity contribution in [1.29, 1.82) is 0 Å². The molecular formula is C20H29N5O. The number of nitrogens with zero attached hydrogens (tertiary/aromatic N) is 5. The molecule has 0 radical (unpaired) electrons. The molecular weight excluding hydrogens is 326 g/mol. The van der Waals surface area contributed by atoms with Crippen LogP contribution in [0.3, 0.4) is 0 Å². The van der Waals surface area contributed by atoms with E-state index in [1.54, 1.807) is 12.4 Å². The summed E-state index contributed by atoms with van der Waals surface area (Å²) in [6, 6.07) is 3.98. The quantitative estimate of drug-likeness (QED) is 0.766. The van der Waals surface area contributed by atoms with Crippen molar-refractivity contribution in [1.82, 2.24) is 24.3 Å². The number of carbonyl (C=O) groups excluding carboxylic acids is 1. The first-order valence-electron chi connectivity index (χ1n) is 9.58. The third-order valence-corrected chi connectivity index (χ3v) is 5.12. The average molecular weight is 355 g/mol. The second kappa shape index (κ2) is 9.48. The van der Waals surface area contributed by atoms with Crippen molar-refractivity contribution in [2.45, 2.75) is 51.2 Å². The average Bonchev–Trinajstić information content (AvgIpc) is 3.08. The van der Waals surface area contributed by atoms with Crippen LogP contribution in [0.1, 0.15) is 37.7 Å². The molecule has 140 valence electrons. The number of likely N-dealkylation sites (N-methyl/N-ethyl adjacent to an activating group) is 1. The molecule has 0 N–H and O–H groups in total. The molecule has 0 aromatic carbocycles. The predicted octanol–water partition coefficient (Wildman–Crippen LogP) is 2.57. The molecule has 2 aromatic heterocycles. The van der Waals surface area contributed by atoms with Crippen LogP contribution in [-0.2, 0) is 17.9 Å². The fraction of sp³-hybridized carbons (Fsp3) is 0.550. The van der Waals surface area contributed by atoms with Crippen LogP contribution in [0.4, 0.5) is 0 Å². The van der Waals surface area contributed by atoms with Gasteiger partial charge in [0.1, 0.15) is 0 Å². The Kier molecular flexibility index (Phi) is 6.77. The molecule has 3 heterocycles. The Morgan fingerprint density at radius 1 is 1.27 bits per heavy atom. The van der Waals surface area contributed by atoms with Gasteiger partial charge in [0, 0.05) is 44.4 Å². The van der Waals surface area contributed by atoms with Gasteiger partial charge in [-0.1, -0.05) is 18.9 Å². The van der Waals surface area contributed by atoms with Crippen LogP contribution in [-0.4, -0.2) is 56.4 Å². The van der Waals surface area contributed by atoms with Gasteiger partial charge in [0.2, 0.25) is 5.91 Å². The van der Waals surface area contributed by atoms with Gasteiger partial charge in [-0.05, 0) is 44.5 Å². The Morgan fingerprint density at radius 2 is 2.19 bits per heavy atom. The molecule has 0 bridgehead atoms. The Morgan fingerprint density at radius 3 is 2.96 bits per heavy atom. The largest absolute Gasteiger partial charge is 0.337 e. The van der Waals surface area contributed by atoms with E-state index in [-0.39, 0.29) is 11.9 Å². The maximum atomic E-state index is 13.3. The van der Waals surface area contributed by atoms with Crippen LogP contribution < -0.4 is 0 Å². The minimum Gasteiger partial charge on any atom is -0.337 e. The highest BCUT2D eigenvalue weighted by molar-refractivity contribution is 5.81. The molecule has 6 heteroatoms. The van der Waals surface area contributed by atoms with Gasteiger partial charge in [0.25, 0.3) is 0 Å². The van der Waals surface area contributed by atoms with Crippen molar-refractivity contribution in [2.24, 2.45) is 0 Å². The zero-order valence-electron chi connectivity index (χ0n) is 15.6. The Hall–Kier alpha value is -2.21. The second-order valence-corrected chi connectivity index (χ2v) is 7.12. The predicted molar refractivity (Wildman–Crippen MR) is 101 cm³/mol. The summed E-state index contributed by atoms with van der Waals surface area (Å²) in [5.41, 5.74) is 1.08. The molecule has 6 nitrogen and oxygen atoms in total. The van der Waals surface area contributed by atoms with Crippen molar-refractivity contribution in [3.8, 4) is 0 Å². The highest BCUT2D eigenvalue weighted by atomic mass is 16.2. The summed E-state index contributed by atoms with van der Waals surface area (Å²) in [5, 5.41) is 0. The van der Waals surface area contributed by atoms with Gasteiger partial charge < -0.3 is 9.47 Å². The van der Waals surface area contributed by atoms with E-state index in [1.807, 2.05) is 35.8 Å². The van der Waals surface area contributed by atoms with Crippen molar-refractivity contribution in [3.05, 3.63) is 48.8 Å². The van der Waals surface area contributed by atoms with Crippen molar-refractivity contribution in [3.63, 3.8) is 0 Å². The molecule has 2 aromatic rings. The number of amides is 1.